The first kappa shape index (κ1) is 27.0. The number of thioether (sulfide) groups is 1. The van der Waals surface area contributed by atoms with Crippen molar-refractivity contribution in [3.05, 3.63) is 58.7 Å². The Kier molecular flexibility index (Phi) is 8.35. The van der Waals surface area contributed by atoms with Crippen LogP contribution in [0.25, 0.3) is 6.08 Å². The number of amidine groups is 2. The van der Waals surface area contributed by atoms with Gasteiger partial charge in [-0.1, -0.05) is 31.4 Å². The third-order valence-corrected chi connectivity index (χ3v) is 8.16. The van der Waals surface area contributed by atoms with E-state index in [0.717, 1.165) is 23.6 Å². The van der Waals surface area contributed by atoms with Crippen molar-refractivity contribution >= 4 is 39.8 Å². The lowest BCUT2D eigenvalue weighted by Crippen LogP contribution is -2.35. The molecule has 8 nitrogen and oxygen atoms in total. The third-order valence-electron chi connectivity index (χ3n) is 7.09. The monoisotopic (exact) mass is 546 g/mol. The molecule has 1 saturated carbocycles. The summed E-state index contributed by atoms with van der Waals surface area (Å²) in [6.45, 7) is 7.24. The van der Waals surface area contributed by atoms with Gasteiger partial charge in [0.05, 0.1) is 12.2 Å². The first-order valence-corrected chi connectivity index (χ1v) is 14.3. The highest BCUT2D eigenvalue weighted by Gasteiger charge is 2.38. The first-order chi connectivity index (χ1) is 18.9. The summed E-state index contributed by atoms with van der Waals surface area (Å²) in [5.41, 5.74) is 3.32. The number of carbonyl (C=O) groups is 1. The Balaban J connectivity index is 1.27. The van der Waals surface area contributed by atoms with Crippen molar-refractivity contribution in [2.75, 3.05) is 19.8 Å². The van der Waals surface area contributed by atoms with Crippen LogP contribution in [0, 0.1) is 25.2 Å². The predicted octanol–water partition coefficient (Wildman–Crippen LogP) is 6.36. The molecule has 0 aromatic heterocycles. The topological polar surface area (TPSA) is 96.6 Å². The summed E-state index contributed by atoms with van der Waals surface area (Å²) in [6.07, 6.45) is 7.51. The van der Waals surface area contributed by atoms with Gasteiger partial charge in [-0.2, -0.15) is 15.1 Å². The normalized spacial score (nSPS) is 18.6. The van der Waals surface area contributed by atoms with Gasteiger partial charge in [0.25, 0.3) is 5.91 Å². The van der Waals surface area contributed by atoms with Gasteiger partial charge in [-0.15, -0.1) is 0 Å². The van der Waals surface area contributed by atoms with Crippen LogP contribution in [0.15, 0.2) is 52.1 Å². The number of hydrogen-bond acceptors (Lipinski definition) is 7. The molecule has 204 valence electrons. The molecular weight excluding hydrogens is 512 g/mol. The van der Waals surface area contributed by atoms with Gasteiger partial charge in [-0.25, -0.2) is 0 Å². The molecule has 2 aliphatic heterocycles. The Labute approximate surface area is 233 Å². The van der Waals surface area contributed by atoms with Crippen LogP contribution in [0.5, 0.6) is 17.2 Å². The Hall–Kier alpha value is -3.59. The number of hydrogen-bond donors (Lipinski definition) is 1. The maximum absolute atomic E-state index is 12.9. The second kappa shape index (κ2) is 12.1. The molecule has 1 amide bonds. The lowest BCUT2D eigenvalue weighted by molar-refractivity contribution is -0.114. The average molecular weight is 547 g/mol. The quantitative estimate of drug-likeness (QED) is 0.290. The van der Waals surface area contributed by atoms with Gasteiger partial charge in [0, 0.05) is 5.92 Å². The van der Waals surface area contributed by atoms with Crippen molar-refractivity contribution in [3.63, 3.8) is 0 Å². The summed E-state index contributed by atoms with van der Waals surface area (Å²) >= 11 is 1.43. The molecule has 0 saturated heterocycles. The van der Waals surface area contributed by atoms with E-state index in [1.54, 1.807) is 6.08 Å². The van der Waals surface area contributed by atoms with Crippen LogP contribution in [0.3, 0.4) is 0 Å². The molecule has 0 spiro atoms. The zero-order chi connectivity index (χ0) is 27.4. The molecule has 0 unspecified atom stereocenters. The van der Waals surface area contributed by atoms with E-state index in [2.05, 4.69) is 23.9 Å². The van der Waals surface area contributed by atoms with E-state index >= 15 is 0 Å². The van der Waals surface area contributed by atoms with Crippen LogP contribution in [-0.4, -0.2) is 46.8 Å². The van der Waals surface area contributed by atoms with Crippen molar-refractivity contribution in [1.29, 1.82) is 5.41 Å². The van der Waals surface area contributed by atoms with Gasteiger partial charge >= 0.3 is 0 Å². The number of ether oxygens (including phenoxy) is 3. The second-order valence-corrected chi connectivity index (χ2v) is 10.9. The second-order valence-electron chi connectivity index (χ2n) is 9.88. The number of nitrogens with zero attached hydrogens (tertiary/aromatic N) is 3. The zero-order valence-electron chi connectivity index (χ0n) is 22.7. The lowest BCUT2D eigenvalue weighted by Gasteiger charge is -2.20. The molecule has 3 aliphatic rings. The summed E-state index contributed by atoms with van der Waals surface area (Å²) in [4.78, 5) is 17.1. The minimum atomic E-state index is -0.430. The predicted molar refractivity (Wildman–Crippen MR) is 156 cm³/mol. The summed E-state index contributed by atoms with van der Waals surface area (Å²) in [5.74, 6) is 1.97. The van der Waals surface area contributed by atoms with Gasteiger partial charge < -0.3 is 14.2 Å². The SMILES string of the molecule is CCOc1cc(/C=C2/C(=N)N3N=C(C4CCCCC4)SC3=NC2=O)ccc1OCCOc1ccc(C)c(C)c1. The molecule has 2 aromatic rings. The Morgan fingerprint density at radius 2 is 1.79 bits per heavy atom. The molecule has 0 bridgehead atoms. The summed E-state index contributed by atoms with van der Waals surface area (Å²) < 4.78 is 17.6. The number of carbonyl (C=O) groups excluding carboxylic acids is 1. The summed E-state index contributed by atoms with van der Waals surface area (Å²) in [5, 5.41) is 16.3. The van der Waals surface area contributed by atoms with Crippen molar-refractivity contribution < 1.29 is 19.0 Å². The number of aryl methyl sites for hydroxylation is 2. The maximum atomic E-state index is 12.9. The van der Waals surface area contributed by atoms with Gasteiger partial charge in [0.15, 0.2) is 17.3 Å². The van der Waals surface area contributed by atoms with Gasteiger partial charge in [0.1, 0.15) is 24.0 Å². The van der Waals surface area contributed by atoms with Crippen LogP contribution in [0.1, 0.15) is 55.7 Å². The Morgan fingerprint density at radius 3 is 2.56 bits per heavy atom. The highest BCUT2D eigenvalue weighted by atomic mass is 32.2. The molecule has 1 aliphatic carbocycles. The number of nitrogens with one attached hydrogen (secondary N) is 1. The van der Waals surface area contributed by atoms with E-state index in [-0.39, 0.29) is 11.4 Å². The van der Waals surface area contributed by atoms with Crippen LogP contribution in [-0.2, 0) is 4.79 Å². The average Bonchev–Trinajstić information content (AvgIpc) is 3.37. The molecule has 5 rings (SSSR count). The highest BCUT2D eigenvalue weighted by Crippen LogP contribution is 2.36. The number of rotatable bonds is 9. The van der Waals surface area contributed by atoms with E-state index in [1.807, 2.05) is 43.3 Å². The maximum Gasteiger partial charge on any atom is 0.283 e. The number of benzene rings is 2. The highest BCUT2D eigenvalue weighted by molar-refractivity contribution is 8.27. The number of fused-ring (bicyclic) bond motifs is 1. The Morgan fingerprint density at radius 1 is 1.00 bits per heavy atom. The van der Waals surface area contributed by atoms with Gasteiger partial charge in [-0.3, -0.25) is 10.2 Å². The van der Waals surface area contributed by atoms with E-state index in [9.17, 15) is 4.79 Å². The fourth-order valence-electron chi connectivity index (χ4n) is 4.80. The summed E-state index contributed by atoms with van der Waals surface area (Å²) in [6, 6.07) is 11.5. The Bertz CT molecular complexity index is 1360. The molecule has 2 heterocycles. The van der Waals surface area contributed by atoms with E-state index in [1.165, 1.54) is 47.2 Å². The first-order valence-electron chi connectivity index (χ1n) is 13.5. The molecule has 2 aromatic carbocycles. The fraction of sp³-hybridized carbons (Fsp3) is 0.400. The zero-order valence-corrected chi connectivity index (χ0v) is 23.5. The summed E-state index contributed by atoms with van der Waals surface area (Å²) in [7, 11) is 0. The molecule has 0 atom stereocenters. The third kappa shape index (κ3) is 6.19. The number of aliphatic imine (C=N–C) groups is 1. The van der Waals surface area contributed by atoms with Gasteiger partial charge in [-0.05, 0) is 92.4 Å². The van der Waals surface area contributed by atoms with Crippen LogP contribution >= 0.6 is 11.8 Å². The van der Waals surface area contributed by atoms with E-state index in [4.69, 9.17) is 19.6 Å². The van der Waals surface area contributed by atoms with Crippen molar-refractivity contribution in [2.45, 2.75) is 52.9 Å². The van der Waals surface area contributed by atoms with E-state index in [0.29, 0.717) is 48.0 Å². The van der Waals surface area contributed by atoms with Crippen LogP contribution in [0.4, 0.5) is 0 Å². The smallest absolute Gasteiger partial charge is 0.283 e. The number of amides is 1. The molecule has 9 heteroatoms. The number of hydrazone groups is 1. The van der Waals surface area contributed by atoms with Crippen molar-refractivity contribution in [1.82, 2.24) is 5.01 Å². The van der Waals surface area contributed by atoms with Crippen LogP contribution in [0.2, 0.25) is 0 Å². The van der Waals surface area contributed by atoms with Crippen LogP contribution < -0.4 is 14.2 Å². The molecular formula is C30H34N4O4S. The lowest BCUT2D eigenvalue weighted by atomic mass is 9.90. The van der Waals surface area contributed by atoms with E-state index < -0.39 is 5.91 Å². The fourth-order valence-corrected chi connectivity index (χ4v) is 5.86. The molecule has 0 radical (unpaired) electrons. The molecule has 1 fully saturated rings. The minimum Gasteiger partial charge on any atom is -0.490 e. The largest absolute Gasteiger partial charge is 0.490 e. The molecule has 39 heavy (non-hydrogen) atoms. The minimum absolute atomic E-state index is 0.0464. The van der Waals surface area contributed by atoms with Gasteiger partial charge in [0.2, 0.25) is 5.17 Å². The van der Waals surface area contributed by atoms with Crippen molar-refractivity contribution in [2.24, 2.45) is 16.0 Å². The molecule has 1 N–H and O–H groups in total. The van der Waals surface area contributed by atoms with Crippen molar-refractivity contribution in [3.8, 4) is 17.2 Å². The standard InChI is InChI=1S/C30H34N4O4S/c1-4-36-26-18-21(11-13-25(26)38-15-14-37-23-12-10-19(2)20(3)16-23)17-24-27(31)34-30(32-28(24)35)39-29(33-34)22-8-6-5-7-9-22/h10-13,16-18,22,31H,4-9,14-15H2,1-3H3/b24-17-,31-27?.